The molecule has 1 aromatic carbocycles. The minimum Gasteiger partial charge on any atom is -0.452 e. The van der Waals surface area contributed by atoms with Gasteiger partial charge in [-0.1, -0.05) is 29.8 Å². The molecule has 3 N–H and O–H groups in total. The van der Waals surface area contributed by atoms with Crippen LogP contribution in [0.25, 0.3) is 0 Å². The Hall–Kier alpha value is -2.07. The number of nitrogens with one attached hydrogen (secondary N) is 1. The summed E-state index contributed by atoms with van der Waals surface area (Å²) in [5, 5.41) is 11.7. The summed E-state index contributed by atoms with van der Waals surface area (Å²) in [7, 11) is 0. The minimum absolute atomic E-state index is 0.0853. The Morgan fingerprint density at radius 2 is 2.14 bits per heavy atom. The maximum absolute atomic E-state index is 11.9. The van der Waals surface area contributed by atoms with Crippen molar-refractivity contribution in [3.8, 4) is 6.07 Å². The third kappa shape index (κ3) is 4.46. The molecule has 0 saturated heterocycles. The Morgan fingerprint density at radius 3 is 2.68 bits per heavy atom. The molecule has 0 aliphatic heterocycles. The number of ether oxygens (including phenoxy) is 1. The highest BCUT2D eigenvalue weighted by atomic mass is 79.9. The predicted octanol–water partition coefficient (Wildman–Crippen LogP) is 2.24. The maximum atomic E-state index is 11.9. The molecule has 0 fully saturated rings. The zero-order valence-electron chi connectivity index (χ0n) is 12.6. The Kier molecular flexibility index (Phi) is 5.94. The molecule has 118 valence electrons. The van der Waals surface area contributed by atoms with Crippen LogP contribution in [0.2, 0.25) is 0 Å². The second-order valence-corrected chi connectivity index (χ2v) is 6.24. The number of nitrogens with two attached hydrogens (primary N) is 1. The van der Waals surface area contributed by atoms with E-state index >= 15 is 0 Å². The van der Waals surface area contributed by atoms with Crippen LogP contribution < -0.4 is 11.1 Å². The van der Waals surface area contributed by atoms with Gasteiger partial charge in [-0.2, -0.15) is 5.26 Å². The summed E-state index contributed by atoms with van der Waals surface area (Å²) in [5.74, 6) is -1.32. The van der Waals surface area contributed by atoms with Crippen molar-refractivity contribution in [3.05, 3.63) is 28.2 Å². The van der Waals surface area contributed by atoms with Crippen molar-refractivity contribution in [1.82, 2.24) is 5.32 Å². The first-order valence-electron chi connectivity index (χ1n) is 6.64. The van der Waals surface area contributed by atoms with E-state index in [1.165, 1.54) is 6.07 Å². The summed E-state index contributed by atoms with van der Waals surface area (Å²) >= 11 is 3.23. The number of amides is 1. The van der Waals surface area contributed by atoms with Crippen molar-refractivity contribution in [1.29, 1.82) is 5.26 Å². The largest absolute Gasteiger partial charge is 0.452 e. The van der Waals surface area contributed by atoms with Crippen LogP contribution in [0.15, 0.2) is 22.7 Å². The highest BCUT2D eigenvalue weighted by Crippen LogP contribution is 2.19. The normalized spacial score (nSPS) is 13.1. The van der Waals surface area contributed by atoms with E-state index < -0.39 is 24.0 Å². The number of nitrogens with zero attached hydrogens (tertiary/aromatic N) is 1. The molecule has 1 aromatic rings. The molecule has 6 nitrogen and oxygen atoms in total. The molecular formula is C15H18BrN3O3. The molecule has 22 heavy (non-hydrogen) atoms. The molecule has 0 bridgehead atoms. The van der Waals surface area contributed by atoms with Crippen LogP contribution in [0.4, 0.5) is 5.69 Å². The first kappa shape index (κ1) is 18.0. The van der Waals surface area contributed by atoms with Crippen LogP contribution in [0, 0.1) is 17.2 Å². The van der Waals surface area contributed by atoms with E-state index in [1.54, 1.807) is 19.1 Å². The van der Waals surface area contributed by atoms with E-state index in [4.69, 9.17) is 15.7 Å². The molecule has 0 aliphatic rings. The number of esters is 1. The smallest absolute Gasteiger partial charge is 0.340 e. The molecule has 0 heterocycles. The van der Waals surface area contributed by atoms with Crippen LogP contribution in [0.1, 0.15) is 31.1 Å². The number of carbonyl (C=O) groups excluding carboxylic acids is 2. The Labute approximate surface area is 137 Å². The lowest BCUT2D eigenvalue weighted by Crippen LogP contribution is -2.50. The van der Waals surface area contributed by atoms with Crippen molar-refractivity contribution < 1.29 is 14.3 Å². The molecule has 0 aliphatic carbocycles. The van der Waals surface area contributed by atoms with Gasteiger partial charge in [0.05, 0.1) is 11.6 Å². The van der Waals surface area contributed by atoms with Gasteiger partial charge in [-0.25, -0.2) is 4.79 Å². The Bertz CT molecular complexity index is 625. The van der Waals surface area contributed by atoms with Gasteiger partial charge in [0.1, 0.15) is 5.54 Å². The summed E-state index contributed by atoms with van der Waals surface area (Å²) in [6.07, 6.45) is 0. The second-order valence-electron chi connectivity index (χ2n) is 5.32. The molecule has 0 spiro atoms. The molecule has 1 amide bonds. The van der Waals surface area contributed by atoms with Gasteiger partial charge in [0.15, 0.2) is 6.61 Å². The number of nitriles is 1. The van der Waals surface area contributed by atoms with E-state index in [0.717, 1.165) is 0 Å². The van der Waals surface area contributed by atoms with Gasteiger partial charge in [-0.05, 0) is 31.0 Å². The topological polar surface area (TPSA) is 105 Å². The van der Waals surface area contributed by atoms with E-state index in [1.807, 2.05) is 19.9 Å². The second kappa shape index (κ2) is 7.27. The molecule has 7 heteroatoms. The number of benzene rings is 1. The maximum Gasteiger partial charge on any atom is 0.340 e. The fraction of sp³-hybridized carbons (Fsp3) is 0.400. The number of anilines is 1. The van der Waals surface area contributed by atoms with Crippen LogP contribution in [-0.4, -0.2) is 24.0 Å². The van der Waals surface area contributed by atoms with Crippen LogP contribution in [0.3, 0.4) is 0 Å². The highest BCUT2D eigenvalue weighted by molar-refractivity contribution is 9.10. The SMILES string of the molecule is CC(C)[C@@](C)(C#N)NC(=O)COC(=O)c1cc(Br)ccc1N. The number of halogens is 1. The molecule has 0 saturated carbocycles. The van der Waals surface area contributed by atoms with Gasteiger partial charge >= 0.3 is 5.97 Å². The number of carbonyl (C=O) groups is 2. The van der Waals surface area contributed by atoms with Gasteiger partial charge in [0.2, 0.25) is 0 Å². The van der Waals surface area contributed by atoms with E-state index in [-0.39, 0.29) is 17.2 Å². The minimum atomic E-state index is -1.02. The Morgan fingerprint density at radius 1 is 1.50 bits per heavy atom. The summed E-state index contributed by atoms with van der Waals surface area (Å²) < 4.78 is 5.61. The van der Waals surface area contributed by atoms with Crippen molar-refractivity contribution in [3.63, 3.8) is 0 Å². The molecule has 0 radical (unpaired) electrons. The zero-order valence-corrected chi connectivity index (χ0v) is 14.2. The predicted molar refractivity (Wildman–Crippen MR) is 85.8 cm³/mol. The summed E-state index contributed by atoms with van der Waals surface area (Å²) in [4.78, 5) is 23.8. The van der Waals surface area contributed by atoms with Crippen molar-refractivity contribution in [2.75, 3.05) is 12.3 Å². The first-order valence-corrected chi connectivity index (χ1v) is 7.43. The van der Waals surface area contributed by atoms with Crippen molar-refractivity contribution in [2.24, 2.45) is 5.92 Å². The fourth-order valence-corrected chi connectivity index (χ4v) is 1.90. The lowest BCUT2D eigenvalue weighted by Gasteiger charge is -2.27. The van der Waals surface area contributed by atoms with Gasteiger partial charge in [-0.3, -0.25) is 4.79 Å². The Balaban J connectivity index is 2.67. The molecule has 0 aromatic heterocycles. The molecular weight excluding hydrogens is 350 g/mol. The summed E-state index contributed by atoms with van der Waals surface area (Å²) in [5.41, 5.74) is 5.12. The first-order chi connectivity index (χ1) is 10.2. The van der Waals surface area contributed by atoms with Gasteiger partial charge in [0, 0.05) is 10.2 Å². The van der Waals surface area contributed by atoms with Crippen LogP contribution >= 0.6 is 15.9 Å². The molecule has 1 rings (SSSR count). The average molecular weight is 368 g/mol. The number of rotatable bonds is 5. The number of nitrogen functional groups attached to an aromatic ring is 1. The summed E-state index contributed by atoms with van der Waals surface area (Å²) in [6, 6.07) is 6.82. The molecule has 1 atom stereocenters. The lowest BCUT2D eigenvalue weighted by atomic mass is 9.90. The van der Waals surface area contributed by atoms with Gasteiger partial charge in [0.25, 0.3) is 5.91 Å². The van der Waals surface area contributed by atoms with Crippen LogP contribution in [0.5, 0.6) is 0 Å². The average Bonchev–Trinajstić information content (AvgIpc) is 2.46. The zero-order chi connectivity index (χ0) is 16.9. The van der Waals surface area contributed by atoms with Crippen LogP contribution in [-0.2, 0) is 9.53 Å². The van der Waals surface area contributed by atoms with E-state index in [9.17, 15) is 9.59 Å². The summed E-state index contributed by atoms with van der Waals surface area (Å²) in [6.45, 7) is 4.77. The molecule has 0 unspecified atom stereocenters. The van der Waals surface area contributed by atoms with E-state index in [0.29, 0.717) is 4.47 Å². The van der Waals surface area contributed by atoms with E-state index in [2.05, 4.69) is 21.2 Å². The fourth-order valence-electron chi connectivity index (χ4n) is 1.54. The third-order valence-electron chi connectivity index (χ3n) is 3.36. The number of hydrogen-bond donors (Lipinski definition) is 2. The van der Waals surface area contributed by atoms with Crippen molar-refractivity contribution >= 4 is 33.5 Å². The third-order valence-corrected chi connectivity index (χ3v) is 3.85. The highest BCUT2D eigenvalue weighted by Gasteiger charge is 2.30. The van der Waals surface area contributed by atoms with Gasteiger partial charge < -0.3 is 15.8 Å². The van der Waals surface area contributed by atoms with Gasteiger partial charge in [-0.15, -0.1) is 0 Å². The quantitative estimate of drug-likeness (QED) is 0.613. The van der Waals surface area contributed by atoms with Crippen molar-refractivity contribution in [2.45, 2.75) is 26.3 Å². The lowest BCUT2D eigenvalue weighted by molar-refractivity contribution is -0.125. The standard InChI is InChI=1S/C15H18BrN3O3/c1-9(2)15(3,8-17)19-13(20)7-22-14(21)11-6-10(16)4-5-12(11)18/h4-6,9H,7,18H2,1-3H3,(H,19,20)/t15-/m1/s1. The monoisotopic (exact) mass is 367 g/mol. The number of hydrogen-bond acceptors (Lipinski definition) is 5.